The van der Waals surface area contributed by atoms with E-state index in [-0.39, 0.29) is 5.91 Å². The molecule has 0 aliphatic carbocycles. The van der Waals surface area contributed by atoms with E-state index in [9.17, 15) is 4.79 Å². The third kappa shape index (κ3) is 3.07. The maximum atomic E-state index is 11.6. The Bertz CT molecular complexity index is 323. The average Bonchev–Trinajstić information content (AvgIpc) is 2.72. The van der Waals surface area contributed by atoms with E-state index in [1.54, 1.807) is 0 Å². The van der Waals surface area contributed by atoms with Crippen molar-refractivity contribution < 1.29 is 9.90 Å². The van der Waals surface area contributed by atoms with Crippen LogP contribution in [0.25, 0.3) is 0 Å². The molecule has 0 radical (unpaired) electrons. The van der Waals surface area contributed by atoms with Crippen molar-refractivity contribution in [2.45, 2.75) is 27.3 Å². The van der Waals surface area contributed by atoms with E-state index in [4.69, 9.17) is 5.11 Å². The Labute approximate surface area is 97.7 Å². The Hall–Kier alpha value is -1.35. The molecule has 1 aromatic rings. The molecule has 0 saturated carbocycles. The minimum absolute atomic E-state index is 0.174. The van der Waals surface area contributed by atoms with Crippen LogP contribution in [-0.2, 0) is 6.54 Å². The minimum atomic E-state index is 0.174. The number of aliphatic hydroxyl groups excluding tert-OH is 1. The summed E-state index contributed by atoms with van der Waals surface area (Å²) in [6, 6.07) is 7.80. The second kappa shape index (κ2) is 7.88. The molecule has 3 heteroatoms. The van der Waals surface area contributed by atoms with Crippen molar-refractivity contribution in [3.8, 4) is 0 Å². The lowest BCUT2D eigenvalue weighted by molar-refractivity contribution is 0.0787. The molecule has 90 valence electrons. The van der Waals surface area contributed by atoms with E-state index < -0.39 is 0 Å². The van der Waals surface area contributed by atoms with Crippen LogP contribution in [-0.4, -0.2) is 29.6 Å². The predicted molar refractivity (Wildman–Crippen MR) is 66.3 cm³/mol. The Morgan fingerprint density at radius 2 is 1.81 bits per heavy atom. The molecule has 2 rings (SSSR count). The van der Waals surface area contributed by atoms with Gasteiger partial charge in [-0.05, 0) is 18.6 Å². The topological polar surface area (TPSA) is 40.5 Å². The second-order valence-corrected chi connectivity index (χ2v) is 2.98. The van der Waals surface area contributed by atoms with Gasteiger partial charge in [-0.25, -0.2) is 0 Å². The van der Waals surface area contributed by atoms with E-state index in [0.29, 0.717) is 0 Å². The first kappa shape index (κ1) is 14.6. The molecule has 0 spiro atoms. The average molecular weight is 223 g/mol. The second-order valence-electron chi connectivity index (χ2n) is 2.98. The van der Waals surface area contributed by atoms with Gasteiger partial charge in [-0.15, -0.1) is 0 Å². The fourth-order valence-electron chi connectivity index (χ4n) is 1.57. The molecule has 1 aliphatic rings. The fourth-order valence-corrected chi connectivity index (χ4v) is 1.57. The Kier molecular flexibility index (Phi) is 7.21. The van der Waals surface area contributed by atoms with E-state index in [1.807, 2.05) is 49.9 Å². The van der Waals surface area contributed by atoms with Crippen LogP contribution < -0.4 is 0 Å². The van der Waals surface area contributed by atoms with Crippen molar-refractivity contribution in [2.75, 3.05) is 13.7 Å². The third-order valence-corrected chi connectivity index (χ3v) is 2.28. The zero-order valence-electron chi connectivity index (χ0n) is 10.5. The third-order valence-electron chi connectivity index (χ3n) is 2.28. The predicted octanol–water partition coefficient (Wildman–Crippen LogP) is 2.30. The summed E-state index contributed by atoms with van der Waals surface area (Å²) in [7, 11) is 1.00. The molecule has 1 heterocycles. The molecule has 0 atom stereocenters. The van der Waals surface area contributed by atoms with Gasteiger partial charge in [0, 0.05) is 25.8 Å². The van der Waals surface area contributed by atoms with Gasteiger partial charge in [0.2, 0.25) is 0 Å². The number of hydrogen-bond donors (Lipinski definition) is 1. The molecular formula is C13H21NO2. The number of carbonyl (C=O) groups excluding carboxylic acids is 1. The standard InChI is InChI=1S/C10H11NO.C2H6.CH4O/c1-2-11-7-8-5-3-4-6-9(8)10(11)12;2*1-2/h3-6H,2,7H2,1H3;1-2H3;2H,1H3. The Balaban J connectivity index is 0.000000509. The molecule has 1 aromatic carbocycles. The smallest absolute Gasteiger partial charge is 0.254 e. The lowest BCUT2D eigenvalue weighted by atomic mass is 10.1. The summed E-state index contributed by atoms with van der Waals surface area (Å²) in [6.45, 7) is 7.59. The highest BCUT2D eigenvalue weighted by molar-refractivity contribution is 5.98. The maximum absolute atomic E-state index is 11.6. The molecule has 0 bridgehead atoms. The molecule has 16 heavy (non-hydrogen) atoms. The van der Waals surface area contributed by atoms with Crippen LogP contribution in [0.5, 0.6) is 0 Å². The number of rotatable bonds is 1. The molecule has 0 unspecified atom stereocenters. The van der Waals surface area contributed by atoms with Crippen molar-refractivity contribution in [3.05, 3.63) is 35.4 Å². The van der Waals surface area contributed by atoms with Gasteiger partial charge >= 0.3 is 0 Å². The molecule has 0 saturated heterocycles. The highest BCUT2D eigenvalue weighted by Gasteiger charge is 2.24. The van der Waals surface area contributed by atoms with Gasteiger partial charge in [-0.1, -0.05) is 32.0 Å². The Morgan fingerprint density at radius 3 is 2.31 bits per heavy atom. The van der Waals surface area contributed by atoms with Gasteiger partial charge in [0.25, 0.3) is 5.91 Å². The molecular weight excluding hydrogens is 202 g/mol. The van der Waals surface area contributed by atoms with E-state index in [1.165, 1.54) is 0 Å². The van der Waals surface area contributed by atoms with Gasteiger partial charge in [0.15, 0.2) is 0 Å². The number of amides is 1. The van der Waals surface area contributed by atoms with Gasteiger partial charge < -0.3 is 10.0 Å². The van der Waals surface area contributed by atoms with Crippen LogP contribution in [0.2, 0.25) is 0 Å². The summed E-state index contributed by atoms with van der Waals surface area (Å²) in [5, 5.41) is 7.00. The van der Waals surface area contributed by atoms with Crippen LogP contribution in [0.1, 0.15) is 36.7 Å². The van der Waals surface area contributed by atoms with Gasteiger partial charge in [-0.2, -0.15) is 0 Å². The number of carbonyl (C=O) groups is 1. The lowest BCUT2D eigenvalue weighted by Crippen LogP contribution is -2.22. The first-order valence-corrected chi connectivity index (χ1v) is 5.65. The Morgan fingerprint density at radius 1 is 1.25 bits per heavy atom. The van der Waals surface area contributed by atoms with Crippen LogP contribution >= 0.6 is 0 Å². The number of fused-ring (bicyclic) bond motifs is 1. The van der Waals surface area contributed by atoms with Gasteiger partial charge in [-0.3, -0.25) is 4.79 Å². The lowest BCUT2D eigenvalue weighted by Gasteiger charge is -2.10. The van der Waals surface area contributed by atoms with Crippen LogP contribution in [0.3, 0.4) is 0 Å². The fraction of sp³-hybridized carbons (Fsp3) is 0.462. The van der Waals surface area contributed by atoms with E-state index >= 15 is 0 Å². The van der Waals surface area contributed by atoms with Crippen LogP contribution in [0.4, 0.5) is 0 Å². The molecule has 1 N–H and O–H groups in total. The van der Waals surface area contributed by atoms with Crippen molar-refractivity contribution in [1.82, 2.24) is 4.90 Å². The molecule has 0 aromatic heterocycles. The molecule has 1 aliphatic heterocycles. The van der Waals surface area contributed by atoms with Crippen molar-refractivity contribution >= 4 is 5.91 Å². The number of aliphatic hydroxyl groups is 1. The summed E-state index contributed by atoms with van der Waals surface area (Å²) >= 11 is 0. The number of nitrogens with zero attached hydrogens (tertiary/aromatic N) is 1. The van der Waals surface area contributed by atoms with E-state index in [2.05, 4.69) is 0 Å². The minimum Gasteiger partial charge on any atom is -0.400 e. The normalized spacial score (nSPS) is 12.1. The quantitative estimate of drug-likeness (QED) is 0.793. The zero-order valence-corrected chi connectivity index (χ0v) is 10.5. The molecule has 1 amide bonds. The van der Waals surface area contributed by atoms with Crippen molar-refractivity contribution in [3.63, 3.8) is 0 Å². The number of benzene rings is 1. The maximum Gasteiger partial charge on any atom is 0.254 e. The highest BCUT2D eigenvalue weighted by atomic mass is 16.2. The summed E-state index contributed by atoms with van der Waals surface area (Å²) in [6.07, 6.45) is 0. The zero-order chi connectivity index (χ0) is 12.6. The highest BCUT2D eigenvalue weighted by Crippen LogP contribution is 2.21. The molecule has 0 fully saturated rings. The SMILES string of the molecule is CC.CCN1Cc2ccccc2C1=O.CO. The van der Waals surface area contributed by atoms with Crippen molar-refractivity contribution in [2.24, 2.45) is 0 Å². The number of hydrogen-bond acceptors (Lipinski definition) is 2. The monoisotopic (exact) mass is 223 g/mol. The summed E-state index contributed by atoms with van der Waals surface area (Å²) in [4.78, 5) is 13.4. The largest absolute Gasteiger partial charge is 0.400 e. The van der Waals surface area contributed by atoms with Crippen LogP contribution in [0, 0.1) is 0 Å². The summed E-state index contributed by atoms with van der Waals surface area (Å²) in [5.41, 5.74) is 2.03. The molecule has 3 nitrogen and oxygen atoms in total. The summed E-state index contributed by atoms with van der Waals surface area (Å²) < 4.78 is 0. The van der Waals surface area contributed by atoms with Gasteiger partial charge in [0.1, 0.15) is 0 Å². The van der Waals surface area contributed by atoms with E-state index in [0.717, 1.165) is 31.3 Å². The van der Waals surface area contributed by atoms with Crippen molar-refractivity contribution in [1.29, 1.82) is 0 Å². The van der Waals surface area contributed by atoms with Gasteiger partial charge in [0.05, 0.1) is 0 Å². The first-order valence-electron chi connectivity index (χ1n) is 5.65. The summed E-state index contributed by atoms with van der Waals surface area (Å²) in [5.74, 6) is 0.174. The first-order chi connectivity index (χ1) is 7.83. The van der Waals surface area contributed by atoms with Crippen LogP contribution in [0.15, 0.2) is 24.3 Å².